The minimum Gasteiger partial charge on any atom is -0.480 e. The third-order valence-corrected chi connectivity index (χ3v) is 6.89. The van der Waals surface area contributed by atoms with E-state index in [0.29, 0.717) is 12.8 Å². The largest absolute Gasteiger partial charge is 0.480 e. The highest BCUT2D eigenvalue weighted by Gasteiger charge is 2.46. The third-order valence-electron chi connectivity index (χ3n) is 4.96. The summed E-state index contributed by atoms with van der Waals surface area (Å²) in [7, 11) is -3.85. The van der Waals surface area contributed by atoms with Crippen LogP contribution < -0.4 is 0 Å². The fourth-order valence-corrected chi connectivity index (χ4v) is 5.25. The second-order valence-corrected chi connectivity index (χ2v) is 8.71. The molecule has 2 fully saturated rings. The first-order valence-corrected chi connectivity index (χ1v) is 9.95. The maximum Gasteiger partial charge on any atom is 0.326 e. The van der Waals surface area contributed by atoms with Crippen molar-refractivity contribution >= 4 is 21.9 Å². The summed E-state index contributed by atoms with van der Waals surface area (Å²) in [5.41, 5.74) is 0.924. The second-order valence-electron chi connectivity index (χ2n) is 6.82. The van der Waals surface area contributed by atoms with E-state index < -0.39 is 40.1 Å². The van der Waals surface area contributed by atoms with Gasteiger partial charge in [0, 0.05) is 19.5 Å². The quantitative estimate of drug-likeness (QED) is 0.688. The summed E-state index contributed by atoms with van der Waals surface area (Å²) in [6, 6.07) is 4.33. The molecule has 0 aliphatic carbocycles. The number of carbonyl (C=O) groups excluding carboxylic acids is 1. The first-order valence-electron chi connectivity index (χ1n) is 8.51. The summed E-state index contributed by atoms with van der Waals surface area (Å²) < 4.78 is 27.0. The van der Waals surface area contributed by atoms with Crippen LogP contribution in [0.3, 0.4) is 0 Å². The number of hydrogen-bond acceptors (Lipinski definition) is 5. The Balaban J connectivity index is 0.00000261. The third kappa shape index (κ3) is 3.98. The fraction of sp³-hybridized carbons (Fsp3) is 0.529. The van der Waals surface area contributed by atoms with Crippen molar-refractivity contribution in [2.45, 2.75) is 49.3 Å². The molecule has 0 saturated carbocycles. The smallest absolute Gasteiger partial charge is 0.326 e. The normalized spacial score (nSPS) is 26.0. The molecule has 0 radical (unpaired) electrons. The summed E-state index contributed by atoms with van der Waals surface area (Å²) >= 11 is 0. The van der Waals surface area contributed by atoms with Crippen molar-refractivity contribution < 1.29 is 33.7 Å². The van der Waals surface area contributed by atoms with E-state index in [2.05, 4.69) is 0 Å². The van der Waals surface area contributed by atoms with E-state index in [1.54, 1.807) is 12.1 Å². The highest BCUT2D eigenvalue weighted by molar-refractivity contribution is 7.89. The number of aliphatic carboxylic acids is 1. The van der Waals surface area contributed by atoms with E-state index >= 15 is 0 Å². The zero-order valence-electron chi connectivity index (χ0n) is 14.9. The van der Waals surface area contributed by atoms with Gasteiger partial charge in [-0.15, -0.1) is 0 Å². The summed E-state index contributed by atoms with van der Waals surface area (Å²) in [5.74, 6) is -1.75. The molecule has 3 rings (SSSR count). The Hall–Kier alpha value is -2.01. The van der Waals surface area contributed by atoms with Gasteiger partial charge < -0.3 is 20.6 Å². The molecule has 1 aromatic rings. The molecule has 2 heterocycles. The molecular formula is C17H24N2O7S. The van der Waals surface area contributed by atoms with Gasteiger partial charge in [0.15, 0.2) is 0 Å². The van der Waals surface area contributed by atoms with Crippen LogP contribution in [0.5, 0.6) is 0 Å². The van der Waals surface area contributed by atoms with Crippen LogP contribution in [0.1, 0.15) is 24.8 Å². The number of aryl methyl sites for hydroxylation is 1. The highest BCUT2D eigenvalue weighted by Crippen LogP contribution is 2.30. The van der Waals surface area contributed by atoms with Gasteiger partial charge in [0.05, 0.1) is 11.0 Å². The van der Waals surface area contributed by atoms with E-state index in [0.717, 1.165) is 14.8 Å². The fourth-order valence-electron chi connectivity index (χ4n) is 3.60. The molecule has 4 N–H and O–H groups in total. The zero-order chi connectivity index (χ0) is 19.1. The number of hydrogen-bond donors (Lipinski definition) is 2. The number of aliphatic hydroxyl groups is 1. The van der Waals surface area contributed by atoms with E-state index in [4.69, 9.17) is 0 Å². The van der Waals surface area contributed by atoms with Crippen molar-refractivity contribution in [2.24, 2.45) is 0 Å². The van der Waals surface area contributed by atoms with Crippen molar-refractivity contribution in [1.82, 2.24) is 9.21 Å². The number of sulfonamides is 1. The lowest BCUT2D eigenvalue weighted by atomic mass is 10.1. The predicted octanol–water partition coefficient (Wildman–Crippen LogP) is -0.630. The van der Waals surface area contributed by atoms with E-state index in [1.165, 1.54) is 12.1 Å². The zero-order valence-corrected chi connectivity index (χ0v) is 15.7. The van der Waals surface area contributed by atoms with Gasteiger partial charge in [0.2, 0.25) is 15.9 Å². The minimum absolute atomic E-state index is 0. The van der Waals surface area contributed by atoms with Gasteiger partial charge in [-0.3, -0.25) is 4.79 Å². The van der Waals surface area contributed by atoms with Gasteiger partial charge in [-0.25, -0.2) is 13.2 Å². The van der Waals surface area contributed by atoms with E-state index in [1.807, 2.05) is 6.92 Å². The Morgan fingerprint density at radius 3 is 2.37 bits per heavy atom. The van der Waals surface area contributed by atoms with Gasteiger partial charge in [-0.05, 0) is 31.9 Å². The molecule has 1 amide bonds. The number of carboxylic acids is 1. The molecule has 0 bridgehead atoms. The molecule has 0 aromatic heterocycles. The van der Waals surface area contributed by atoms with Crippen molar-refractivity contribution in [3.8, 4) is 0 Å². The molecule has 27 heavy (non-hydrogen) atoms. The lowest BCUT2D eigenvalue weighted by Crippen LogP contribution is -2.51. The Bertz CT molecular complexity index is 809. The van der Waals surface area contributed by atoms with Crippen LogP contribution in [0.4, 0.5) is 0 Å². The van der Waals surface area contributed by atoms with Crippen molar-refractivity contribution in [2.75, 3.05) is 13.1 Å². The number of nitrogens with zero attached hydrogens (tertiary/aromatic N) is 2. The predicted molar refractivity (Wildman–Crippen MR) is 95.5 cm³/mol. The van der Waals surface area contributed by atoms with Gasteiger partial charge >= 0.3 is 5.97 Å². The molecule has 10 heteroatoms. The second kappa shape index (κ2) is 7.93. The Kier molecular flexibility index (Phi) is 6.25. The van der Waals surface area contributed by atoms with Gasteiger partial charge in [-0.2, -0.15) is 4.31 Å². The van der Waals surface area contributed by atoms with Crippen LogP contribution in [0, 0.1) is 6.92 Å². The molecule has 2 saturated heterocycles. The van der Waals surface area contributed by atoms with E-state index in [9.17, 15) is 28.2 Å². The standard InChI is InChI=1S/C17H22N2O6S.H2O/c1-11-4-6-13(7-5-11)26(24,25)19-8-2-3-14(19)16(21)18-10-12(20)9-15(18)17(22)23;/h4-7,12,14-15,20H,2-3,8-10H2,1H3,(H,22,23);1H2/t12-,14+,15+;/m0./s1. The van der Waals surface area contributed by atoms with Crippen LogP contribution in [0.15, 0.2) is 29.2 Å². The number of benzene rings is 1. The molecule has 9 nitrogen and oxygen atoms in total. The number of carboxylic acid groups (broad SMARTS) is 1. The van der Waals surface area contributed by atoms with Crippen LogP contribution in [0.25, 0.3) is 0 Å². The first kappa shape index (κ1) is 21.3. The first-order chi connectivity index (χ1) is 12.2. The molecular weight excluding hydrogens is 376 g/mol. The SMILES string of the molecule is Cc1ccc(S(=O)(=O)N2CCC[C@@H]2C(=O)N2C[C@@H](O)C[C@@H]2C(=O)O)cc1.O. The van der Waals surface area contributed by atoms with Gasteiger partial charge in [-0.1, -0.05) is 17.7 Å². The van der Waals surface area contributed by atoms with Crippen molar-refractivity contribution in [3.63, 3.8) is 0 Å². The summed E-state index contributed by atoms with van der Waals surface area (Å²) in [5, 5.41) is 19.0. The maximum absolute atomic E-state index is 12.9. The van der Waals surface area contributed by atoms with Gasteiger partial charge in [0.1, 0.15) is 12.1 Å². The maximum atomic E-state index is 12.9. The van der Waals surface area contributed by atoms with Crippen molar-refractivity contribution in [1.29, 1.82) is 0 Å². The number of likely N-dealkylation sites (tertiary alicyclic amines) is 1. The van der Waals surface area contributed by atoms with Crippen LogP contribution >= 0.6 is 0 Å². The minimum atomic E-state index is -3.85. The highest BCUT2D eigenvalue weighted by atomic mass is 32.2. The molecule has 150 valence electrons. The number of aliphatic hydroxyl groups excluding tert-OH is 1. The molecule has 0 unspecified atom stereocenters. The number of amides is 1. The van der Waals surface area contributed by atoms with Crippen LogP contribution in [-0.4, -0.2) is 76.5 Å². The Morgan fingerprint density at radius 2 is 1.78 bits per heavy atom. The molecule has 2 aliphatic rings. The van der Waals surface area contributed by atoms with Crippen molar-refractivity contribution in [3.05, 3.63) is 29.8 Å². The van der Waals surface area contributed by atoms with Gasteiger partial charge in [0.25, 0.3) is 0 Å². The van der Waals surface area contributed by atoms with E-state index in [-0.39, 0.29) is 29.9 Å². The number of rotatable bonds is 4. The monoisotopic (exact) mass is 400 g/mol. The Morgan fingerprint density at radius 1 is 1.15 bits per heavy atom. The number of β-amino-alcohol motifs (C(OH)–C–C–N with tert-alkyl or cyclic N) is 1. The summed E-state index contributed by atoms with van der Waals surface area (Å²) in [6.45, 7) is 1.97. The molecule has 0 spiro atoms. The average Bonchev–Trinajstić information content (AvgIpc) is 3.21. The summed E-state index contributed by atoms with van der Waals surface area (Å²) in [4.78, 5) is 25.5. The average molecular weight is 400 g/mol. The molecule has 2 aliphatic heterocycles. The van der Waals surface area contributed by atoms with Crippen LogP contribution in [0.2, 0.25) is 0 Å². The topological polar surface area (TPSA) is 147 Å². The van der Waals surface area contributed by atoms with Crippen LogP contribution in [-0.2, 0) is 19.6 Å². The lowest BCUT2D eigenvalue weighted by molar-refractivity contribution is -0.149. The summed E-state index contributed by atoms with van der Waals surface area (Å²) in [6.07, 6.45) is -0.0969. The lowest BCUT2D eigenvalue weighted by Gasteiger charge is -2.29. The molecule has 1 aromatic carbocycles. The number of carbonyl (C=O) groups is 2. The molecule has 3 atom stereocenters. The Labute approximate surface area is 157 Å².